The summed E-state index contributed by atoms with van der Waals surface area (Å²) in [5.74, 6) is -1.27. The number of carboxylic acids is 1. The zero-order valence-electron chi connectivity index (χ0n) is 9.49. The standard InChI is InChI=1S/C7H10O3.C4H6O2/c1-5(7(8)9-2)3-6-4-10-6;1-3(2)4(5)6/h6H,1,3-4H2,2H3;1H2,2H3,(H,5,6). The van der Waals surface area contributed by atoms with E-state index in [1.165, 1.54) is 14.0 Å². The van der Waals surface area contributed by atoms with Crippen molar-refractivity contribution in [2.75, 3.05) is 13.7 Å². The molecule has 90 valence electrons. The largest absolute Gasteiger partial charge is 0.478 e. The van der Waals surface area contributed by atoms with Gasteiger partial charge >= 0.3 is 11.9 Å². The molecule has 1 N–H and O–H groups in total. The van der Waals surface area contributed by atoms with Gasteiger partial charge in [0.15, 0.2) is 0 Å². The van der Waals surface area contributed by atoms with Crippen molar-refractivity contribution in [3.05, 3.63) is 24.3 Å². The van der Waals surface area contributed by atoms with E-state index >= 15 is 0 Å². The summed E-state index contributed by atoms with van der Waals surface area (Å²) >= 11 is 0. The van der Waals surface area contributed by atoms with Gasteiger partial charge in [0.25, 0.3) is 0 Å². The number of carbonyl (C=O) groups is 2. The van der Waals surface area contributed by atoms with E-state index in [9.17, 15) is 9.59 Å². The predicted octanol–water partition coefficient (Wildman–Crippen LogP) is 1.15. The molecule has 0 aromatic heterocycles. The van der Waals surface area contributed by atoms with Crippen LogP contribution in [0.1, 0.15) is 13.3 Å². The highest BCUT2D eigenvalue weighted by atomic mass is 16.6. The Kier molecular flexibility index (Phi) is 6.10. The van der Waals surface area contributed by atoms with Crippen LogP contribution in [0.5, 0.6) is 0 Å². The summed E-state index contributed by atoms with van der Waals surface area (Å²) in [6.07, 6.45) is 0.818. The van der Waals surface area contributed by atoms with Crippen molar-refractivity contribution >= 4 is 11.9 Å². The fraction of sp³-hybridized carbons (Fsp3) is 0.455. The number of hydrogen-bond donors (Lipinski definition) is 1. The lowest BCUT2D eigenvalue weighted by molar-refractivity contribution is -0.136. The van der Waals surface area contributed by atoms with Crippen molar-refractivity contribution in [3.63, 3.8) is 0 Å². The Labute approximate surface area is 94.4 Å². The molecule has 0 spiro atoms. The molecular formula is C11H16O5. The molecular weight excluding hydrogens is 212 g/mol. The maximum atomic E-state index is 10.7. The number of rotatable bonds is 4. The monoisotopic (exact) mass is 228 g/mol. The number of methoxy groups -OCH3 is 1. The average molecular weight is 228 g/mol. The highest BCUT2D eigenvalue weighted by Gasteiger charge is 2.25. The molecule has 16 heavy (non-hydrogen) atoms. The first-order chi connectivity index (χ1) is 7.38. The molecule has 0 radical (unpaired) electrons. The second kappa shape index (κ2) is 6.79. The average Bonchev–Trinajstić information content (AvgIpc) is 3.01. The zero-order valence-corrected chi connectivity index (χ0v) is 9.49. The van der Waals surface area contributed by atoms with Crippen LogP contribution in [0.15, 0.2) is 24.3 Å². The SMILES string of the molecule is C=C(C)C(=O)O.C=C(CC1CO1)C(=O)OC. The molecule has 0 bridgehead atoms. The minimum Gasteiger partial charge on any atom is -0.478 e. The molecule has 1 aliphatic rings. The highest BCUT2D eigenvalue weighted by molar-refractivity contribution is 5.87. The molecule has 5 nitrogen and oxygen atoms in total. The van der Waals surface area contributed by atoms with Gasteiger partial charge in [0.2, 0.25) is 0 Å². The van der Waals surface area contributed by atoms with Gasteiger partial charge in [-0.05, 0) is 6.92 Å². The van der Waals surface area contributed by atoms with Crippen LogP contribution in [0, 0.1) is 0 Å². The molecule has 1 fully saturated rings. The molecule has 5 heteroatoms. The quantitative estimate of drug-likeness (QED) is 0.444. The Balaban J connectivity index is 0.000000325. The molecule has 1 heterocycles. The van der Waals surface area contributed by atoms with E-state index in [1.54, 1.807) is 0 Å². The van der Waals surface area contributed by atoms with Crippen molar-refractivity contribution in [1.82, 2.24) is 0 Å². The van der Waals surface area contributed by atoms with Crippen molar-refractivity contribution < 1.29 is 24.2 Å². The van der Waals surface area contributed by atoms with E-state index in [2.05, 4.69) is 17.9 Å². The van der Waals surface area contributed by atoms with Crippen molar-refractivity contribution in [2.24, 2.45) is 0 Å². The second-order valence-electron chi connectivity index (χ2n) is 3.34. The molecule has 0 aliphatic carbocycles. The fourth-order valence-corrected chi connectivity index (χ4v) is 0.688. The molecule has 0 aromatic carbocycles. The number of hydrogen-bond acceptors (Lipinski definition) is 4. The third kappa shape index (κ3) is 6.78. The topological polar surface area (TPSA) is 76.1 Å². The van der Waals surface area contributed by atoms with Gasteiger partial charge in [0, 0.05) is 17.6 Å². The normalized spacial score (nSPS) is 16.5. The number of esters is 1. The van der Waals surface area contributed by atoms with E-state index in [-0.39, 0.29) is 17.6 Å². The van der Waals surface area contributed by atoms with Gasteiger partial charge < -0.3 is 14.6 Å². The fourth-order valence-electron chi connectivity index (χ4n) is 0.688. The highest BCUT2D eigenvalue weighted by Crippen LogP contribution is 2.18. The van der Waals surface area contributed by atoms with E-state index in [0.717, 1.165) is 6.61 Å². The van der Waals surface area contributed by atoms with Crippen LogP contribution in [0.4, 0.5) is 0 Å². The summed E-state index contributed by atoms with van der Waals surface area (Å²) in [4.78, 5) is 20.3. The maximum Gasteiger partial charge on any atom is 0.333 e. The molecule has 1 rings (SSSR count). The summed E-state index contributed by atoms with van der Waals surface area (Å²) in [6, 6.07) is 0. The van der Waals surface area contributed by atoms with E-state index < -0.39 is 5.97 Å². The van der Waals surface area contributed by atoms with Gasteiger partial charge in [0.1, 0.15) is 0 Å². The van der Waals surface area contributed by atoms with E-state index in [4.69, 9.17) is 9.84 Å². The Morgan fingerprint density at radius 1 is 1.50 bits per heavy atom. The second-order valence-corrected chi connectivity index (χ2v) is 3.34. The van der Waals surface area contributed by atoms with Gasteiger partial charge in [-0.3, -0.25) is 0 Å². The number of ether oxygens (including phenoxy) is 2. The summed E-state index contributed by atoms with van der Waals surface area (Å²) in [6.45, 7) is 8.90. The smallest absolute Gasteiger partial charge is 0.333 e. The van der Waals surface area contributed by atoms with Crippen LogP contribution in [0.2, 0.25) is 0 Å². The third-order valence-electron chi connectivity index (χ3n) is 1.72. The molecule has 1 aliphatic heterocycles. The molecule has 1 unspecified atom stereocenters. The first-order valence-corrected chi connectivity index (χ1v) is 4.65. The van der Waals surface area contributed by atoms with E-state index in [1.807, 2.05) is 0 Å². The minimum atomic E-state index is -0.935. The van der Waals surface area contributed by atoms with Crippen molar-refractivity contribution in [2.45, 2.75) is 19.4 Å². The summed E-state index contributed by atoms with van der Waals surface area (Å²) in [5, 5.41) is 7.89. The van der Waals surface area contributed by atoms with Gasteiger partial charge in [-0.1, -0.05) is 13.2 Å². The van der Waals surface area contributed by atoms with Crippen LogP contribution in [0.3, 0.4) is 0 Å². The predicted molar refractivity (Wildman–Crippen MR) is 58.0 cm³/mol. The maximum absolute atomic E-state index is 10.7. The van der Waals surface area contributed by atoms with Gasteiger partial charge in [-0.25, -0.2) is 9.59 Å². The Morgan fingerprint density at radius 2 is 1.94 bits per heavy atom. The first-order valence-electron chi connectivity index (χ1n) is 4.65. The summed E-state index contributed by atoms with van der Waals surface area (Å²) < 4.78 is 9.35. The Morgan fingerprint density at radius 3 is 2.19 bits per heavy atom. The molecule has 0 amide bonds. The van der Waals surface area contributed by atoms with Gasteiger partial charge in [0.05, 0.1) is 19.8 Å². The van der Waals surface area contributed by atoms with Crippen LogP contribution in [0.25, 0.3) is 0 Å². The van der Waals surface area contributed by atoms with E-state index in [0.29, 0.717) is 12.0 Å². The third-order valence-corrected chi connectivity index (χ3v) is 1.72. The van der Waals surface area contributed by atoms with Gasteiger partial charge in [-0.2, -0.15) is 0 Å². The van der Waals surface area contributed by atoms with Crippen LogP contribution < -0.4 is 0 Å². The molecule has 1 atom stereocenters. The Bertz CT molecular complexity index is 289. The van der Waals surface area contributed by atoms with Crippen molar-refractivity contribution in [3.8, 4) is 0 Å². The molecule has 1 saturated heterocycles. The number of aliphatic carboxylic acids is 1. The lowest BCUT2D eigenvalue weighted by Crippen LogP contribution is -2.05. The molecule has 0 aromatic rings. The van der Waals surface area contributed by atoms with Crippen LogP contribution in [-0.2, 0) is 19.1 Å². The van der Waals surface area contributed by atoms with Crippen molar-refractivity contribution in [1.29, 1.82) is 0 Å². The van der Waals surface area contributed by atoms with Gasteiger partial charge in [-0.15, -0.1) is 0 Å². The lowest BCUT2D eigenvalue weighted by atomic mass is 10.2. The number of carboxylic acid groups (broad SMARTS) is 1. The van der Waals surface area contributed by atoms with Crippen LogP contribution in [-0.4, -0.2) is 36.9 Å². The Hall–Kier alpha value is -1.62. The minimum absolute atomic E-state index is 0.176. The summed E-state index contributed by atoms with van der Waals surface area (Å²) in [7, 11) is 1.35. The molecule has 0 saturated carbocycles. The zero-order chi connectivity index (χ0) is 12.7. The lowest BCUT2D eigenvalue weighted by Gasteiger charge is -1.98. The summed E-state index contributed by atoms with van der Waals surface area (Å²) in [5.41, 5.74) is 0.667. The number of carbonyl (C=O) groups excluding carboxylic acids is 1. The number of epoxide rings is 1. The first kappa shape index (κ1) is 14.4. The van der Waals surface area contributed by atoms with Crippen LogP contribution >= 0.6 is 0 Å².